The molecule has 1 N–H and O–H groups in total. The Bertz CT molecular complexity index is 665. The van der Waals surface area contributed by atoms with Crippen molar-refractivity contribution in [3.63, 3.8) is 0 Å². The Morgan fingerprint density at radius 1 is 0.905 bits per heavy atom. The fraction of sp³-hybridized carbons (Fsp3) is 0.111. The Labute approximate surface area is 129 Å². The molecule has 2 nitrogen and oxygen atoms in total. The van der Waals surface area contributed by atoms with Gasteiger partial charge >= 0.3 is 0 Å². The van der Waals surface area contributed by atoms with Crippen LogP contribution in [0.3, 0.4) is 0 Å². The van der Waals surface area contributed by atoms with Crippen molar-refractivity contribution in [1.29, 1.82) is 0 Å². The minimum Gasteiger partial charge on any atom is -0.489 e. The highest BCUT2D eigenvalue weighted by atomic mass is 32.1. The van der Waals surface area contributed by atoms with Gasteiger partial charge in [0.05, 0.1) is 0 Å². The molecular formula is C18H17NOS. The van der Waals surface area contributed by atoms with Gasteiger partial charge in [0, 0.05) is 23.2 Å². The van der Waals surface area contributed by atoms with Gasteiger partial charge in [0.2, 0.25) is 0 Å². The van der Waals surface area contributed by atoms with E-state index in [4.69, 9.17) is 4.74 Å². The summed E-state index contributed by atoms with van der Waals surface area (Å²) in [5.41, 5.74) is 2.25. The molecule has 1 aromatic heterocycles. The maximum absolute atomic E-state index is 5.83. The minimum atomic E-state index is 0.592. The van der Waals surface area contributed by atoms with E-state index in [1.165, 1.54) is 10.4 Å². The Hall–Kier alpha value is -2.26. The number of anilines is 1. The first kappa shape index (κ1) is 13.7. The summed E-state index contributed by atoms with van der Waals surface area (Å²) in [6.45, 7) is 1.44. The molecule has 0 fully saturated rings. The SMILES string of the molecule is c1ccc(COc2cccc(NCc3cccs3)c2)cc1. The molecule has 3 rings (SSSR count). The van der Waals surface area contributed by atoms with Crippen LogP contribution in [0.2, 0.25) is 0 Å². The monoisotopic (exact) mass is 295 g/mol. The van der Waals surface area contributed by atoms with Crippen molar-refractivity contribution in [3.05, 3.63) is 82.6 Å². The Kier molecular flexibility index (Phi) is 4.54. The van der Waals surface area contributed by atoms with Gasteiger partial charge in [-0.05, 0) is 29.1 Å². The van der Waals surface area contributed by atoms with Crippen LogP contribution in [0.15, 0.2) is 72.1 Å². The third-order valence-corrected chi connectivity index (χ3v) is 4.01. The quantitative estimate of drug-likeness (QED) is 0.695. The van der Waals surface area contributed by atoms with E-state index in [9.17, 15) is 0 Å². The molecular weight excluding hydrogens is 278 g/mol. The molecule has 0 amide bonds. The molecule has 0 bridgehead atoms. The average Bonchev–Trinajstić information content (AvgIpc) is 3.06. The zero-order valence-electron chi connectivity index (χ0n) is 11.7. The first-order valence-corrected chi connectivity index (χ1v) is 7.81. The summed E-state index contributed by atoms with van der Waals surface area (Å²) in [4.78, 5) is 1.32. The first-order valence-electron chi connectivity index (χ1n) is 6.93. The van der Waals surface area contributed by atoms with E-state index >= 15 is 0 Å². The van der Waals surface area contributed by atoms with Gasteiger partial charge in [0.15, 0.2) is 0 Å². The van der Waals surface area contributed by atoms with Gasteiger partial charge in [-0.15, -0.1) is 11.3 Å². The van der Waals surface area contributed by atoms with Gasteiger partial charge < -0.3 is 10.1 Å². The molecule has 0 atom stereocenters. The van der Waals surface area contributed by atoms with Gasteiger partial charge in [-0.1, -0.05) is 42.5 Å². The van der Waals surface area contributed by atoms with Crippen LogP contribution in [0.25, 0.3) is 0 Å². The molecule has 2 aromatic carbocycles. The van der Waals surface area contributed by atoms with E-state index in [0.717, 1.165) is 18.0 Å². The molecule has 106 valence electrons. The second kappa shape index (κ2) is 6.95. The zero-order chi connectivity index (χ0) is 14.3. The Balaban J connectivity index is 1.58. The number of hydrogen-bond donors (Lipinski definition) is 1. The highest BCUT2D eigenvalue weighted by Crippen LogP contribution is 2.20. The van der Waals surface area contributed by atoms with E-state index in [1.54, 1.807) is 11.3 Å². The van der Waals surface area contributed by atoms with Crippen LogP contribution in [0.1, 0.15) is 10.4 Å². The summed E-state index contributed by atoms with van der Waals surface area (Å²) in [6, 6.07) is 22.5. The molecule has 0 saturated heterocycles. The predicted molar refractivity (Wildman–Crippen MR) is 88.9 cm³/mol. The van der Waals surface area contributed by atoms with Crippen LogP contribution in [-0.4, -0.2) is 0 Å². The van der Waals surface area contributed by atoms with Crippen LogP contribution >= 0.6 is 11.3 Å². The molecule has 0 saturated carbocycles. The highest BCUT2D eigenvalue weighted by Gasteiger charge is 1.99. The Morgan fingerprint density at radius 2 is 1.81 bits per heavy atom. The van der Waals surface area contributed by atoms with Gasteiger partial charge in [-0.2, -0.15) is 0 Å². The fourth-order valence-corrected chi connectivity index (χ4v) is 2.68. The number of rotatable bonds is 6. The summed E-state index contributed by atoms with van der Waals surface area (Å²) in [7, 11) is 0. The van der Waals surface area contributed by atoms with Crippen molar-refractivity contribution >= 4 is 17.0 Å². The van der Waals surface area contributed by atoms with Gasteiger partial charge in [0.25, 0.3) is 0 Å². The maximum Gasteiger partial charge on any atom is 0.121 e. The second-order valence-electron chi connectivity index (χ2n) is 4.74. The lowest BCUT2D eigenvalue weighted by Crippen LogP contribution is -1.99. The Morgan fingerprint density at radius 3 is 2.62 bits per heavy atom. The van der Waals surface area contributed by atoms with Crippen molar-refractivity contribution < 1.29 is 4.74 Å². The molecule has 0 aliphatic rings. The van der Waals surface area contributed by atoms with E-state index in [1.807, 2.05) is 36.4 Å². The topological polar surface area (TPSA) is 21.3 Å². The molecule has 0 spiro atoms. The number of ether oxygens (including phenoxy) is 1. The molecule has 21 heavy (non-hydrogen) atoms. The standard InChI is InChI=1S/C18H17NOS/c1-2-6-15(7-3-1)14-20-17-9-4-8-16(12-17)19-13-18-10-5-11-21-18/h1-12,19H,13-14H2. The lowest BCUT2D eigenvalue weighted by atomic mass is 10.2. The molecule has 0 unspecified atom stereocenters. The van der Waals surface area contributed by atoms with Crippen LogP contribution < -0.4 is 10.1 Å². The largest absolute Gasteiger partial charge is 0.489 e. The van der Waals surface area contributed by atoms with Crippen LogP contribution in [0.5, 0.6) is 5.75 Å². The lowest BCUT2D eigenvalue weighted by Gasteiger charge is -2.09. The van der Waals surface area contributed by atoms with Crippen molar-refractivity contribution in [3.8, 4) is 5.75 Å². The van der Waals surface area contributed by atoms with Crippen LogP contribution in [0, 0.1) is 0 Å². The van der Waals surface area contributed by atoms with Gasteiger partial charge in [-0.3, -0.25) is 0 Å². The molecule has 0 radical (unpaired) electrons. The fourth-order valence-electron chi connectivity index (χ4n) is 2.04. The first-order chi connectivity index (χ1) is 10.4. The molecule has 1 heterocycles. The van der Waals surface area contributed by atoms with Crippen molar-refractivity contribution in [2.45, 2.75) is 13.2 Å². The van der Waals surface area contributed by atoms with Gasteiger partial charge in [-0.25, -0.2) is 0 Å². The van der Waals surface area contributed by atoms with Crippen molar-refractivity contribution in [2.75, 3.05) is 5.32 Å². The zero-order valence-corrected chi connectivity index (χ0v) is 12.5. The molecule has 0 aliphatic heterocycles. The van der Waals surface area contributed by atoms with Crippen LogP contribution in [0.4, 0.5) is 5.69 Å². The summed E-state index contributed by atoms with van der Waals surface area (Å²) in [6.07, 6.45) is 0. The molecule has 3 heteroatoms. The minimum absolute atomic E-state index is 0.592. The van der Waals surface area contributed by atoms with Gasteiger partial charge in [0.1, 0.15) is 12.4 Å². The normalized spacial score (nSPS) is 10.3. The van der Waals surface area contributed by atoms with E-state index in [0.29, 0.717) is 6.61 Å². The van der Waals surface area contributed by atoms with E-state index < -0.39 is 0 Å². The average molecular weight is 295 g/mol. The van der Waals surface area contributed by atoms with E-state index in [2.05, 4.69) is 41.0 Å². The predicted octanol–water partition coefficient (Wildman–Crippen LogP) is 4.94. The third kappa shape index (κ3) is 4.10. The summed E-state index contributed by atoms with van der Waals surface area (Å²) >= 11 is 1.76. The summed E-state index contributed by atoms with van der Waals surface area (Å²) in [5, 5.41) is 5.51. The van der Waals surface area contributed by atoms with Crippen molar-refractivity contribution in [2.24, 2.45) is 0 Å². The summed E-state index contributed by atoms with van der Waals surface area (Å²) in [5.74, 6) is 0.884. The van der Waals surface area contributed by atoms with Crippen molar-refractivity contribution in [1.82, 2.24) is 0 Å². The highest BCUT2D eigenvalue weighted by molar-refractivity contribution is 7.09. The number of hydrogen-bond acceptors (Lipinski definition) is 3. The second-order valence-corrected chi connectivity index (χ2v) is 5.77. The van der Waals surface area contributed by atoms with E-state index in [-0.39, 0.29) is 0 Å². The number of nitrogens with one attached hydrogen (secondary N) is 1. The number of benzene rings is 2. The lowest BCUT2D eigenvalue weighted by molar-refractivity contribution is 0.306. The van der Waals surface area contributed by atoms with Crippen LogP contribution in [-0.2, 0) is 13.2 Å². The molecule has 3 aromatic rings. The smallest absolute Gasteiger partial charge is 0.121 e. The third-order valence-electron chi connectivity index (χ3n) is 3.13. The molecule has 0 aliphatic carbocycles. The number of thiophene rings is 1. The summed E-state index contributed by atoms with van der Waals surface area (Å²) < 4.78 is 5.83. The maximum atomic E-state index is 5.83.